The predicted octanol–water partition coefficient (Wildman–Crippen LogP) is 13.8. The molecular formula is C72H125NO13. The van der Waals surface area contributed by atoms with Crippen molar-refractivity contribution in [3.8, 4) is 0 Å². The normalized spacial score (nSPS) is 24.0. The van der Waals surface area contributed by atoms with E-state index in [1.807, 2.05) is 6.08 Å². The molecular weight excluding hydrogens is 1090 g/mol. The molecule has 0 aromatic carbocycles. The molecule has 12 unspecified atom stereocenters. The quantitative estimate of drug-likeness (QED) is 0.0204. The van der Waals surface area contributed by atoms with Crippen molar-refractivity contribution in [3.63, 3.8) is 0 Å². The van der Waals surface area contributed by atoms with Gasteiger partial charge in [-0.25, -0.2) is 0 Å². The second-order valence-corrected chi connectivity index (χ2v) is 23.9. The lowest BCUT2D eigenvalue weighted by Gasteiger charge is -2.46. The summed E-state index contributed by atoms with van der Waals surface area (Å²) in [5.41, 5.74) is 0. The van der Waals surface area contributed by atoms with Gasteiger partial charge in [-0.1, -0.05) is 272 Å². The molecule has 2 fully saturated rings. The van der Waals surface area contributed by atoms with Crippen molar-refractivity contribution in [2.24, 2.45) is 0 Å². The van der Waals surface area contributed by atoms with E-state index in [1.165, 1.54) is 141 Å². The first-order valence-corrected chi connectivity index (χ1v) is 34.5. The summed E-state index contributed by atoms with van der Waals surface area (Å²) in [5.74, 6) is -0.244. The summed E-state index contributed by atoms with van der Waals surface area (Å²) < 4.78 is 22.8. The zero-order valence-electron chi connectivity index (χ0n) is 53.8. The Morgan fingerprint density at radius 3 is 1.23 bits per heavy atom. The summed E-state index contributed by atoms with van der Waals surface area (Å²) >= 11 is 0. The molecule has 1 amide bonds. The Morgan fingerprint density at radius 2 is 0.802 bits per heavy atom. The maximum Gasteiger partial charge on any atom is 0.220 e. The van der Waals surface area contributed by atoms with Gasteiger partial charge in [-0.05, 0) is 77.0 Å². The van der Waals surface area contributed by atoms with Crippen molar-refractivity contribution in [3.05, 3.63) is 97.2 Å². The summed E-state index contributed by atoms with van der Waals surface area (Å²) in [6.45, 7) is 2.70. The zero-order valence-corrected chi connectivity index (χ0v) is 53.8. The average Bonchev–Trinajstić information content (AvgIpc) is 2.63. The van der Waals surface area contributed by atoms with Gasteiger partial charge in [0.25, 0.3) is 0 Å². The maximum absolute atomic E-state index is 13.3. The fourth-order valence-corrected chi connectivity index (χ4v) is 10.8. The number of aliphatic hydroxyl groups is 8. The molecule has 0 bridgehead atoms. The van der Waals surface area contributed by atoms with Crippen molar-refractivity contribution in [1.29, 1.82) is 0 Å². The third-order valence-corrected chi connectivity index (χ3v) is 16.3. The minimum atomic E-state index is -1.79. The Balaban J connectivity index is 1.68. The lowest BCUT2D eigenvalue weighted by atomic mass is 9.97. The van der Waals surface area contributed by atoms with Crippen LogP contribution in [0.25, 0.3) is 0 Å². The molecule has 14 nitrogen and oxygen atoms in total. The molecule has 0 aromatic rings. The van der Waals surface area contributed by atoms with Gasteiger partial charge in [0.05, 0.1) is 32.0 Å². The van der Waals surface area contributed by atoms with Gasteiger partial charge in [0.2, 0.25) is 5.91 Å². The number of allylic oxidation sites excluding steroid dienone is 15. The minimum Gasteiger partial charge on any atom is -0.394 e. The number of ether oxygens (including phenoxy) is 4. The number of amides is 1. The Bertz CT molecular complexity index is 1810. The lowest BCUT2D eigenvalue weighted by molar-refractivity contribution is -0.359. The largest absolute Gasteiger partial charge is 0.394 e. The molecule has 2 rings (SSSR count). The summed E-state index contributed by atoms with van der Waals surface area (Å²) in [6.07, 6.45) is 61.6. The molecule has 2 saturated heterocycles. The van der Waals surface area contributed by atoms with E-state index < -0.39 is 86.8 Å². The van der Waals surface area contributed by atoms with Crippen LogP contribution in [-0.2, 0) is 23.7 Å². The van der Waals surface area contributed by atoms with Crippen LogP contribution in [0.5, 0.6) is 0 Å². The molecule has 9 N–H and O–H groups in total. The second-order valence-electron chi connectivity index (χ2n) is 23.9. The second kappa shape index (κ2) is 55.9. The summed E-state index contributed by atoms with van der Waals surface area (Å²) in [4.78, 5) is 13.3. The first-order valence-electron chi connectivity index (χ1n) is 34.5. The van der Waals surface area contributed by atoms with Crippen molar-refractivity contribution in [2.45, 2.75) is 331 Å². The van der Waals surface area contributed by atoms with Crippen molar-refractivity contribution < 1.29 is 64.6 Å². The van der Waals surface area contributed by atoms with Crippen molar-refractivity contribution in [2.75, 3.05) is 19.8 Å². The van der Waals surface area contributed by atoms with E-state index in [9.17, 15) is 45.6 Å². The molecule has 2 aliphatic rings. The molecule has 2 aliphatic heterocycles. The Morgan fingerprint density at radius 1 is 0.430 bits per heavy atom. The van der Waals surface area contributed by atoms with Crippen LogP contribution in [0.1, 0.15) is 258 Å². The first-order chi connectivity index (χ1) is 42.1. The van der Waals surface area contributed by atoms with Crippen LogP contribution in [0.3, 0.4) is 0 Å². The molecule has 0 saturated carbocycles. The Labute approximate surface area is 522 Å². The number of nitrogens with one attached hydrogen (secondary N) is 1. The van der Waals surface area contributed by atoms with Crippen molar-refractivity contribution >= 4 is 5.91 Å². The molecule has 0 radical (unpaired) electrons. The van der Waals surface area contributed by atoms with Crippen LogP contribution in [0.15, 0.2) is 97.2 Å². The van der Waals surface area contributed by atoms with E-state index in [4.69, 9.17) is 18.9 Å². The van der Waals surface area contributed by atoms with Gasteiger partial charge in [-0.15, -0.1) is 0 Å². The molecule has 2 heterocycles. The van der Waals surface area contributed by atoms with Gasteiger partial charge in [-0.3, -0.25) is 4.79 Å². The van der Waals surface area contributed by atoms with E-state index in [0.29, 0.717) is 6.42 Å². The predicted molar refractivity (Wildman–Crippen MR) is 350 cm³/mol. The lowest BCUT2D eigenvalue weighted by Crippen LogP contribution is -2.65. The van der Waals surface area contributed by atoms with Crippen LogP contribution >= 0.6 is 0 Å². The number of aliphatic hydroxyl groups excluding tert-OH is 8. The number of rotatable bonds is 55. The van der Waals surface area contributed by atoms with Gasteiger partial charge in [0.15, 0.2) is 12.6 Å². The Hall–Kier alpha value is -3.09. The Kier molecular flexibility index (Phi) is 51.4. The molecule has 496 valence electrons. The molecule has 0 aliphatic carbocycles. The van der Waals surface area contributed by atoms with Gasteiger partial charge in [0, 0.05) is 6.42 Å². The van der Waals surface area contributed by atoms with Crippen LogP contribution in [0.4, 0.5) is 0 Å². The summed E-state index contributed by atoms with van der Waals surface area (Å²) in [5, 5.41) is 87.4. The van der Waals surface area contributed by atoms with E-state index in [-0.39, 0.29) is 18.9 Å². The zero-order chi connectivity index (χ0) is 62.3. The van der Waals surface area contributed by atoms with Crippen LogP contribution in [0.2, 0.25) is 0 Å². The average molecular weight is 1210 g/mol. The molecule has 86 heavy (non-hydrogen) atoms. The number of carbonyl (C=O) groups excluding carboxylic acids is 1. The number of unbranched alkanes of at least 4 members (excludes halogenated alkanes) is 28. The maximum atomic E-state index is 13.3. The van der Waals surface area contributed by atoms with Gasteiger partial charge in [-0.2, -0.15) is 0 Å². The highest BCUT2D eigenvalue weighted by atomic mass is 16.7. The summed E-state index contributed by atoms with van der Waals surface area (Å²) in [6, 6.07) is -0.923. The topological polar surface area (TPSA) is 228 Å². The van der Waals surface area contributed by atoms with E-state index in [1.54, 1.807) is 6.08 Å². The highest BCUT2D eigenvalue weighted by molar-refractivity contribution is 5.76. The van der Waals surface area contributed by atoms with Crippen molar-refractivity contribution in [1.82, 2.24) is 5.32 Å². The van der Waals surface area contributed by atoms with E-state index in [2.05, 4.69) is 104 Å². The number of carbonyl (C=O) groups is 1. The van der Waals surface area contributed by atoms with Crippen LogP contribution < -0.4 is 5.32 Å². The number of hydrogen-bond donors (Lipinski definition) is 9. The molecule has 14 heteroatoms. The summed E-state index contributed by atoms with van der Waals surface area (Å²) in [7, 11) is 0. The fraction of sp³-hybridized carbons (Fsp3) is 0.764. The van der Waals surface area contributed by atoms with E-state index in [0.717, 1.165) is 89.9 Å². The highest BCUT2D eigenvalue weighted by Crippen LogP contribution is 2.30. The molecule has 0 spiro atoms. The minimum absolute atomic E-state index is 0.244. The molecule has 0 aromatic heterocycles. The van der Waals surface area contributed by atoms with Gasteiger partial charge >= 0.3 is 0 Å². The fourth-order valence-electron chi connectivity index (χ4n) is 10.8. The smallest absolute Gasteiger partial charge is 0.220 e. The highest BCUT2D eigenvalue weighted by Gasteiger charge is 2.51. The standard InChI is InChI=1S/C72H125NO13/c1-3-5-7-9-11-13-15-17-19-21-23-24-25-26-27-28-29-30-31-32-33-34-35-36-38-40-42-44-46-48-50-52-54-56-64(77)73-60(61(76)55-53-51-49-47-45-43-41-39-37-22-20-18-16-14-12-10-8-6-4-2)59-83-71-69(82)67(80)70(63(58-75)85-71)86-72-68(81)66(79)65(78)62(57-74)84-72/h5,7,11,13,17,19,23-24,26-27,29-30,32-33,53,55,60-63,65-72,74-76,78-82H,3-4,6,8-10,12,14-16,18,20-22,25,28,31,34-52,54,56-59H2,1-2H3,(H,73,77)/b7-5-,13-11-,19-17-,24-23-,27-26-,30-29-,33-32-,55-53+. The van der Waals surface area contributed by atoms with Crippen LogP contribution in [-0.4, -0.2) is 140 Å². The van der Waals surface area contributed by atoms with Crippen LogP contribution in [0, 0.1) is 0 Å². The third kappa shape index (κ3) is 39.8. The van der Waals surface area contributed by atoms with E-state index >= 15 is 0 Å². The van der Waals surface area contributed by atoms with Gasteiger partial charge < -0.3 is 65.1 Å². The monoisotopic (exact) mass is 1210 g/mol. The first kappa shape index (κ1) is 79.0. The van der Waals surface area contributed by atoms with Gasteiger partial charge in [0.1, 0.15) is 48.8 Å². The third-order valence-electron chi connectivity index (χ3n) is 16.3. The molecule has 12 atom stereocenters. The number of hydrogen-bond acceptors (Lipinski definition) is 13. The SMILES string of the molecule is CC/C=C\C/C=C\C/C=C\C/C=C\C/C=C\C/C=C\C/C=C\CCCCCCCCCCCCCC(=O)NC(COC1OC(CO)C(OC2OC(CO)C(O)C(O)C2O)C(O)C1O)C(O)/C=C/CCCCCCCCCCCCCCCCCCC.